The maximum Gasteiger partial charge on any atom is 0.247 e. The average Bonchev–Trinajstić information content (AvgIpc) is 3.18. The van der Waals surface area contributed by atoms with Gasteiger partial charge in [-0.1, -0.05) is 0 Å². The summed E-state index contributed by atoms with van der Waals surface area (Å²) >= 11 is 0. The van der Waals surface area contributed by atoms with Crippen LogP contribution in [-0.4, -0.2) is 85.3 Å². The fourth-order valence-electron chi connectivity index (χ4n) is 2.61. The van der Waals surface area contributed by atoms with Crippen LogP contribution in [0.3, 0.4) is 0 Å². The highest BCUT2D eigenvalue weighted by atomic mass is 16.7. The largest absolute Gasteiger partial charge is 0.387 e. The summed E-state index contributed by atoms with van der Waals surface area (Å²) in [6.07, 6.45) is 0.821. The molecule has 0 spiro atoms. The van der Waals surface area contributed by atoms with Crippen molar-refractivity contribution >= 4 is 12.3 Å². The van der Waals surface area contributed by atoms with E-state index in [-0.39, 0.29) is 12.5 Å². The number of likely N-dealkylation sites (N-methyl/N-ethyl adjacent to an activating group) is 1. The maximum atomic E-state index is 11.7. The van der Waals surface area contributed by atoms with Crippen LogP contribution >= 0.6 is 0 Å². The minimum absolute atomic E-state index is 0.0795. The second-order valence-corrected chi connectivity index (χ2v) is 5.94. The highest BCUT2D eigenvalue weighted by Crippen LogP contribution is 2.29. The molecule has 9 heteroatoms. The summed E-state index contributed by atoms with van der Waals surface area (Å²) in [7, 11) is 3.20. The molecule has 136 valence electrons. The van der Waals surface area contributed by atoms with Gasteiger partial charge in [-0.25, -0.2) is 0 Å². The Morgan fingerprint density at radius 1 is 1.46 bits per heavy atom. The zero-order valence-electron chi connectivity index (χ0n) is 13.9. The molecule has 2 amide bonds. The topological polar surface area (TPSA) is 115 Å². The number of rotatable bonds is 7. The summed E-state index contributed by atoms with van der Waals surface area (Å²) in [6.45, 7) is 0.671. The first-order chi connectivity index (χ1) is 11.5. The number of ether oxygens (including phenoxy) is 3. The van der Waals surface area contributed by atoms with E-state index in [1.807, 2.05) is 0 Å². The number of carbonyl (C=O) groups is 2. The van der Waals surface area contributed by atoms with Crippen LogP contribution < -0.4 is 5.73 Å². The van der Waals surface area contributed by atoms with E-state index in [0.29, 0.717) is 19.4 Å². The molecular formula is C15H25N3O6. The van der Waals surface area contributed by atoms with Crippen LogP contribution in [0.5, 0.6) is 0 Å². The van der Waals surface area contributed by atoms with Gasteiger partial charge in [-0.2, -0.15) is 0 Å². The van der Waals surface area contributed by atoms with Crippen LogP contribution in [0.4, 0.5) is 0 Å². The van der Waals surface area contributed by atoms with Crippen LogP contribution in [0.1, 0.15) is 12.8 Å². The Labute approximate surface area is 140 Å². The highest BCUT2D eigenvalue weighted by molar-refractivity contribution is 5.87. The molecule has 9 nitrogen and oxygen atoms in total. The van der Waals surface area contributed by atoms with Crippen molar-refractivity contribution in [2.75, 3.05) is 27.2 Å². The summed E-state index contributed by atoms with van der Waals surface area (Å²) in [4.78, 5) is 25.6. The minimum atomic E-state index is -0.996. The predicted molar refractivity (Wildman–Crippen MR) is 83.3 cm³/mol. The second-order valence-electron chi connectivity index (χ2n) is 5.94. The van der Waals surface area contributed by atoms with E-state index in [4.69, 9.17) is 19.9 Å². The van der Waals surface area contributed by atoms with Gasteiger partial charge in [-0.3, -0.25) is 14.5 Å². The number of hydrogen-bond donors (Lipinski definition) is 2. The zero-order valence-corrected chi connectivity index (χ0v) is 13.9. The molecule has 2 aliphatic heterocycles. The van der Waals surface area contributed by atoms with Crippen LogP contribution in [0.2, 0.25) is 0 Å². The molecule has 2 saturated heterocycles. The molecule has 2 aliphatic rings. The highest BCUT2D eigenvalue weighted by Gasteiger charge is 2.47. The van der Waals surface area contributed by atoms with Gasteiger partial charge >= 0.3 is 0 Å². The van der Waals surface area contributed by atoms with Crippen LogP contribution in [0.15, 0.2) is 12.3 Å². The number of carbonyl (C=O) groups excluding carboxylic acids is 2. The van der Waals surface area contributed by atoms with Gasteiger partial charge in [0.2, 0.25) is 12.3 Å². The average molecular weight is 343 g/mol. The van der Waals surface area contributed by atoms with Crippen molar-refractivity contribution in [1.29, 1.82) is 0 Å². The SMILES string of the molecule is CN(C)C(=O)/C=C\N(C=O)C1OC(CN)C(O)C1OC1CCCO1. The number of nitrogens with zero attached hydrogens (tertiary/aromatic N) is 2. The first kappa shape index (κ1) is 18.8. The molecule has 2 fully saturated rings. The van der Waals surface area contributed by atoms with E-state index in [2.05, 4.69) is 0 Å². The Hall–Kier alpha value is -1.52. The third-order valence-corrected chi connectivity index (χ3v) is 3.99. The molecule has 0 aromatic rings. The minimum Gasteiger partial charge on any atom is -0.387 e. The Bertz CT molecular complexity index is 466. The van der Waals surface area contributed by atoms with Crippen LogP contribution in [-0.2, 0) is 23.8 Å². The van der Waals surface area contributed by atoms with Gasteiger partial charge < -0.3 is 30.0 Å². The van der Waals surface area contributed by atoms with Gasteiger partial charge in [0.25, 0.3) is 0 Å². The first-order valence-corrected chi connectivity index (χ1v) is 7.90. The lowest BCUT2D eigenvalue weighted by Gasteiger charge is -2.28. The van der Waals surface area contributed by atoms with E-state index in [9.17, 15) is 14.7 Å². The molecule has 24 heavy (non-hydrogen) atoms. The van der Waals surface area contributed by atoms with Crippen molar-refractivity contribution in [3.8, 4) is 0 Å². The van der Waals surface area contributed by atoms with Crippen molar-refractivity contribution in [1.82, 2.24) is 9.80 Å². The molecule has 2 heterocycles. The normalized spacial score (nSPS) is 33.1. The molecule has 0 aromatic carbocycles. The molecular weight excluding hydrogens is 318 g/mol. The van der Waals surface area contributed by atoms with Crippen molar-refractivity contribution in [3.05, 3.63) is 12.3 Å². The maximum absolute atomic E-state index is 11.7. The van der Waals surface area contributed by atoms with Crippen LogP contribution in [0.25, 0.3) is 0 Å². The van der Waals surface area contributed by atoms with Gasteiger partial charge in [0, 0.05) is 45.9 Å². The van der Waals surface area contributed by atoms with E-state index in [0.717, 1.165) is 11.3 Å². The molecule has 3 N–H and O–H groups in total. The summed E-state index contributed by atoms with van der Waals surface area (Å²) in [6, 6.07) is 0. The fourth-order valence-corrected chi connectivity index (χ4v) is 2.61. The van der Waals surface area contributed by atoms with Gasteiger partial charge in [0.1, 0.15) is 18.3 Å². The standard InChI is InChI=1S/C15H25N3O6/c1-17(2)11(20)5-6-18(9-19)15-14(13(21)10(8-16)23-15)24-12-4-3-7-22-12/h5-6,9-10,12-15,21H,3-4,7-8,16H2,1-2H3/b6-5-. The molecule has 0 aromatic heterocycles. The molecule has 0 aliphatic carbocycles. The summed E-state index contributed by atoms with van der Waals surface area (Å²) in [5.74, 6) is -0.285. The number of hydrogen-bond acceptors (Lipinski definition) is 7. The summed E-state index contributed by atoms with van der Waals surface area (Å²) < 4.78 is 16.9. The van der Waals surface area contributed by atoms with Crippen LogP contribution in [0, 0.1) is 0 Å². The van der Waals surface area contributed by atoms with Crippen molar-refractivity contribution in [3.63, 3.8) is 0 Å². The Morgan fingerprint density at radius 3 is 2.75 bits per heavy atom. The van der Waals surface area contributed by atoms with Gasteiger partial charge in [-0.05, 0) is 6.42 Å². The molecule has 2 rings (SSSR count). The lowest BCUT2D eigenvalue weighted by Crippen LogP contribution is -2.45. The Kier molecular flexibility index (Phi) is 6.69. The van der Waals surface area contributed by atoms with E-state index in [1.165, 1.54) is 17.2 Å². The zero-order chi connectivity index (χ0) is 17.7. The Morgan fingerprint density at radius 2 is 2.21 bits per heavy atom. The van der Waals surface area contributed by atoms with Gasteiger partial charge in [-0.15, -0.1) is 0 Å². The number of amides is 2. The lowest BCUT2D eigenvalue weighted by molar-refractivity contribution is -0.187. The third-order valence-electron chi connectivity index (χ3n) is 3.99. The first-order valence-electron chi connectivity index (χ1n) is 7.90. The second kappa shape index (κ2) is 8.54. The molecule has 0 bridgehead atoms. The third kappa shape index (κ3) is 4.31. The molecule has 5 unspecified atom stereocenters. The fraction of sp³-hybridized carbons (Fsp3) is 0.733. The molecule has 0 radical (unpaired) electrons. The van der Waals surface area contributed by atoms with E-state index in [1.54, 1.807) is 14.1 Å². The Balaban J connectivity index is 2.12. The van der Waals surface area contributed by atoms with Crippen molar-refractivity contribution in [2.24, 2.45) is 5.73 Å². The monoisotopic (exact) mass is 343 g/mol. The lowest BCUT2D eigenvalue weighted by atomic mass is 10.1. The smallest absolute Gasteiger partial charge is 0.247 e. The molecule has 0 saturated carbocycles. The number of aliphatic hydroxyl groups is 1. The van der Waals surface area contributed by atoms with Crippen molar-refractivity contribution < 1.29 is 28.9 Å². The van der Waals surface area contributed by atoms with Gasteiger partial charge in [0.05, 0.1) is 0 Å². The van der Waals surface area contributed by atoms with Gasteiger partial charge in [0.15, 0.2) is 12.5 Å². The predicted octanol–water partition coefficient (Wildman–Crippen LogP) is -1.39. The quantitative estimate of drug-likeness (QED) is 0.432. The summed E-state index contributed by atoms with van der Waals surface area (Å²) in [5.41, 5.74) is 5.60. The molecule has 5 atom stereocenters. The van der Waals surface area contributed by atoms with E-state index < -0.39 is 30.8 Å². The number of aliphatic hydroxyl groups excluding tert-OH is 1. The van der Waals surface area contributed by atoms with Crippen molar-refractivity contribution in [2.45, 2.75) is 43.7 Å². The summed E-state index contributed by atoms with van der Waals surface area (Å²) in [5, 5.41) is 10.4. The number of nitrogens with two attached hydrogens (primary N) is 1. The van der Waals surface area contributed by atoms with E-state index >= 15 is 0 Å².